The van der Waals surface area contributed by atoms with Gasteiger partial charge in [-0.1, -0.05) is 50.3 Å². The Kier molecular flexibility index (Phi) is 7.11. The summed E-state index contributed by atoms with van der Waals surface area (Å²) in [5, 5.41) is 0. The fourth-order valence-corrected chi connectivity index (χ4v) is 6.78. The number of hydrogen-bond donors (Lipinski definition) is 0. The summed E-state index contributed by atoms with van der Waals surface area (Å²) in [6, 6.07) is 7.69. The van der Waals surface area contributed by atoms with Crippen LogP contribution in [0.2, 0.25) is 0 Å². The average Bonchev–Trinajstić information content (AvgIpc) is 3.44. The van der Waals surface area contributed by atoms with Crippen LogP contribution in [-0.2, 0) is 32.3 Å². The van der Waals surface area contributed by atoms with Crippen LogP contribution < -0.4 is 0 Å². The van der Waals surface area contributed by atoms with Crippen LogP contribution in [0.25, 0.3) is 0 Å². The van der Waals surface area contributed by atoms with Gasteiger partial charge in [-0.15, -0.1) is 13.2 Å². The summed E-state index contributed by atoms with van der Waals surface area (Å²) in [6.07, 6.45) is 6.14. The monoisotopic (exact) mass is 476 g/mol. The number of fused-ring (bicyclic) bond motifs is 1. The maximum Gasteiger partial charge on any atom is 0.234 e. The van der Waals surface area contributed by atoms with Gasteiger partial charge < -0.3 is 9.69 Å². The van der Waals surface area contributed by atoms with Crippen LogP contribution in [0.5, 0.6) is 0 Å². The Bertz CT molecular complexity index is 1050. The number of imide groups is 1. The zero-order valence-electron chi connectivity index (χ0n) is 20.9. The predicted octanol–water partition coefficient (Wildman–Crippen LogP) is 3.86. The van der Waals surface area contributed by atoms with Crippen molar-refractivity contribution in [2.75, 3.05) is 7.05 Å². The van der Waals surface area contributed by atoms with E-state index < -0.39 is 0 Å². The Balaban J connectivity index is 1.45. The van der Waals surface area contributed by atoms with Crippen molar-refractivity contribution < 1.29 is 19.2 Å². The average molecular weight is 477 g/mol. The van der Waals surface area contributed by atoms with E-state index in [0.717, 1.165) is 30.3 Å². The number of benzene rings is 1. The van der Waals surface area contributed by atoms with E-state index in [1.165, 1.54) is 4.90 Å². The van der Waals surface area contributed by atoms with E-state index in [0.29, 0.717) is 6.54 Å². The molecule has 6 heteroatoms. The van der Waals surface area contributed by atoms with Crippen LogP contribution in [0.1, 0.15) is 37.8 Å². The largest absolute Gasteiger partial charge is 0.341 e. The summed E-state index contributed by atoms with van der Waals surface area (Å²) in [7, 11) is 1.76. The fourth-order valence-electron chi connectivity index (χ4n) is 6.78. The third-order valence-electron chi connectivity index (χ3n) is 8.55. The molecule has 4 rings (SSSR count). The van der Waals surface area contributed by atoms with Crippen molar-refractivity contribution in [3.8, 4) is 0 Å². The molecule has 8 atom stereocenters. The zero-order chi connectivity index (χ0) is 25.4. The highest BCUT2D eigenvalue weighted by Gasteiger charge is 2.56. The molecule has 1 saturated heterocycles. The quantitative estimate of drug-likeness (QED) is 0.324. The van der Waals surface area contributed by atoms with Crippen molar-refractivity contribution in [3.05, 3.63) is 60.7 Å². The normalized spacial score (nSPS) is 34.1. The summed E-state index contributed by atoms with van der Waals surface area (Å²) in [5.41, 5.74) is 1.78. The van der Waals surface area contributed by atoms with E-state index in [4.69, 9.17) is 0 Å². The highest BCUT2D eigenvalue weighted by atomic mass is 16.2. The van der Waals surface area contributed by atoms with Gasteiger partial charge in [0.05, 0.1) is 24.3 Å². The Hall–Kier alpha value is -3.02. The predicted molar refractivity (Wildman–Crippen MR) is 133 cm³/mol. The molecule has 6 nitrogen and oxygen atoms in total. The van der Waals surface area contributed by atoms with E-state index in [1.807, 2.05) is 44.2 Å². The van der Waals surface area contributed by atoms with Crippen molar-refractivity contribution >= 4 is 24.0 Å². The minimum atomic E-state index is -0.345. The summed E-state index contributed by atoms with van der Waals surface area (Å²) in [5.74, 6) is -1.07. The second kappa shape index (κ2) is 9.92. The maximum atomic E-state index is 13.3. The topological polar surface area (TPSA) is 74.8 Å². The van der Waals surface area contributed by atoms with E-state index >= 15 is 0 Å². The van der Waals surface area contributed by atoms with E-state index in [2.05, 4.69) is 13.2 Å². The van der Waals surface area contributed by atoms with Crippen LogP contribution in [-0.4, -0.2) is 40.9 Å². The maximum absolute atomic E-state index is 13.3. The SMILES string of the molecule is C=CC1CC(C)C(C(=O)N(C)Cc2cccc(CN3C(=O)C4C(C)CC(C=C)C4C3=O)c2)C1C=O. The molecule has 3 aliphatic rings. The first kappa shape index (κ1) is 25.1. The summed E-state index contributed by atoms with van der Waals surface area (Å²) in [6.45, 7) is 12.4. The third-order valence-corrected chi connectivity index (χ3v) is 8.55. The summed E-state index contributed by atoms with van der Waals surface area (Å²) >= 11 is 0. The van der Waals surface area contributed by atoms with Gasteiger partial charge in [0.15, 0.2) is 0 Å². The number of rotatable bonds is 8. The van der Waals surface area contributed by atoms with Gasteiger partial charge in [-0.3, -0.25) is 19.3 Å². The number of allylic oxidation sites excluding steroid dienone is 2. The lowest BCUT2D eigenvalue weighted by Crippen LogP contribution is -2.37. The molecule has 1 heterocycles. The molecule has 1 aromatic carbocycles. The Morgan fingerprint density at radius 1 is 1.03 bits per heavy atom. The number of carbonyl (C=O) groups is 4. The first-order chi connectivity index (χ1) is 16.7. The molecule has 8 unspecified atom stereocenters. The number of likely N-dealkylation sites (tertiary alicyclic amines) is 1. The Morgan fingerprint density at radius 3 is 2.31 bits per heavy atom. The molecule has 186 valence electrons. The lowest BCUT2D eigenvalue weighted by Gasteiger charge is -2.26. The minimum Gasteiger partial charge on any atom is -0.341 e. The molecule has 3 fully saturated rings. The highest BCUT2D eigenvalue weighted by molar-refractivity contribution is 6.05. The van der Waals surface area contributed by atoms with Gasteiger partial charge in [0.1, 0.15) is 6.29 Å². The van der Waals surface area contributed by atoms with Crippen molar-refractivity contribution in [1.82, 2.24) is 9.80 Å². The van der Waals surface area contributed by atoms with E-state index in [1.54, 1.807) is 18.0 Å². The molecular formula is C29H36N2O4. The lowest BCUT2D eigenvalue weighted by molar-refractivity contribution is -0.141. The second-order valence-electron chi connectivity index (χ2n) is 10.8. The minimum absolute atomic E-state index is 0.0339. The smallest absolute Gasteiger partial charge is 0.234 e. The molecule has 1 aliphatic heterocycles. The molecule has 0 radical (unpaired) electrons. The zero-order valence-corrected chi connectivity index (χ0v) is 20.9. The number of carbonyl (C=O) groups excluding carboxylic acids is 4. The lowest BCUT2D eigenvalue weighted by atomic mass is 9.87. The number of nitrogens with zero attached hydrogens (tertiary/aromatic N) is 2. The van der Waals surface area contributed by atoms with Crippen molar-refractivity contribution in [3.63, 3.8) is 0 Å². The van der Waals surface area contributed by atoms with Gasteiger partial charge in [0.25, 0.3) is 0 Å². The molecule has 0 spiro atoms. The number of amides is 3. The fraction of sp³-hybridized carbons (Fsp3) is 0.517. The van der Waals surface area contributed by atoms with Gasteiger partial charge >= 0.3 is 0 Å². The van der Waals surface area contributed by atoms with Gasteiger partial charge in [0.2, 0.25) is 17.7 Å². The van der Waals surface area contributed by atoms with Crippen molar-refractivity contribution in [1.29, 1.82) is 0 Å². The standard InChI is InChI=1S/C29H36N2O4/c1-6-21-11-17(3)24(23(21)16-32)27(33)30(5)14-19-9-8-10-20(13-19)15-31-28(34)25-18(4)12-22(7-2)26(25)29(31)35/h6-10,13,16-18,21-26H,1-2,11-12,14-15H2,3-5H3. The molecule has 0 N–H and O–H groups in total. The number of aldehydes is 1. The first-order valence-corrected chi connectivity index (χ1v) is 12.6. The van der Waals surface area contributed by atoms with Gasteiger partial charge in [-0.05, 0) is 47.6 Å². The van der Waals surface area contributed by atoms with Crippen LogP contribution in [0.3, 0.4) is 0 Å². The molecule has 1 aromatic rings. The molecule has 2 saturated carbocycles. The number of hydrogen-bond acceptors (Lipinski definition) is 4. The van der Waals surface area contributed by atoms with Gasteiger partial charge in [0, 0.05) is 19.5 Å². The molecular weight excluding hydrogens is 440 g/mol. The van der Waals surface area contributed by atoms with E-state index in [9.17, 15) is 19.2 Å². The molecule has 35 heavy (non-hydrogen) atoms. The molecule has 0 aromatic heterocycles. The Morgan fingerprint density at radius 2 is 1.66 bits per heavy atom. The summed E-state index contributed by atoms with van der Waals surface area (Å²) < 4.78 is 0. The van der Waals surface area contributed by atoms with Crippen LogP contribution in [0.4, 0.5) is 0 Å². The Labute approximate surface area is 208 Å². The second-order valence-corrected chi connectivity index (χ2v) is 10.8. The van der Waals surface area contributed by atoms with Crippen molar-refractivity contribution in [2.24, 2.45) is 47.3 Å². The third kappa shape index (κ3) is 4.39. The van der Waals surface area contributed by atoms with E-state index in [-0.39, 0.29) is 71.6 Å². The first-order valence-electron chi connectivity index (χ1n) is 12.6. The van der Waals surface area contributed by atoms with Crippen molar-refractivity contribution in [2.45, 2.75) is 39.8 Å². The van der Waals surface area contributed by atoms with Gasteiger partial charge in [-0.25, -0.2) is 0 Å². The molecule has 0 bridgehead atoms. The van der Waals surface area contributed by atoms with Crippen LogP contribution in [0, 0.1) is 47.3 Å². The van der Waals surface area contributed by atoms with Crippen LogP contribution >= 0.6 is 0 Å². The van der Waals surface area contributed by atoms with Crippen LogP contribution in [0.15, 0.2) is 49.6 Å². The molecule has 3 amide bonds. The molecule has 2 aliphatic carbocycles. The summed E-state index contributed by atoms with van der Waals surface area (Å²) in [4.78, 5) is 54.3. The highest BCUT2D eigenvalue weighted by Crippen LogP contribution is 2.48. The van der Waals surface area contributed by atoms with Gasteiger partial charge in [-0.2, -0.15) is 0 Å².